The fourth-order valence-corrected chi connectivity index (χ4v) is 5.56. The standard InChI is InChI=1S/C20H29N5OS/c1-13(2)16-11-21-25(12-16)17-5-7-20(8-6-17)10-15(19(26)24(20)4)9-18-23-22-14(3)27-18/h11-13,15,17H,5-10H2,1-4H3. The van der Waals surface area contributed by atoms with Crippen LogP contribution in [0.2, 0.25) is 0 Å². The van der Waals surface area contributed by atoms with Crippen LogP contribution in [-0.2, 0) is 11.2 Å². The summed E-state index contributed by atoms with van der Waals surface area (Å²) in [5, 5.41) is 14.9. The summed E-state index contributed by atoms with van der Waals surface area (Å²) >= 11 is 1.61. The number of hydrogen-bond acceptors (Lipinski definition) is 5. The molecule has 2 aliphatic rings. The lowest BCUT2D eigenvalue weighted by Crippen LogP contribution is -2.46. The van der Waals surface area contributed by atoms with E-state index in [1.807, 2.05) is 25.1 Å². The molecule has 2 fully saturated rings. The fraction of sp³-hybridized carbons (Fsp3) is 0.700. The summed E-state index contributed by atoms with van der Waals surface area (Å²) in [7, 11) is 2.00. The van der Waals surface area contributed by atoms with Gasteiger partial charge in [0.25, 0.3) is 0 Å². The van der Waals surface area contributed by atoms with Crippen LogP contribution in [0, 0.1) is 12.8 Å². The lowest BCUT2D eigenvalue weighted by atomic mass is 9.76. The molecule has 0 aromatic carbocycles. The van der Waals surface area contributed by atoms with E-state index in [1.54, 1.807) is 11.3 Å². The van der Waals surface area contributed by atoms with E-state index in [2.05, 4.69) is 40.0 Å². The highest BCUT2D eigenvalue weighted by atomic mass is 32.1. The highest BCUT2D eigenvalue weighted by Gasteiger charge is 2.50. The molecule has 4 rings (SSSR count). The van der Waals surface area contributed by atoms with Crippen molar-refractivity contribution in [2.75, 3.05) is 7.05 Å². The van der Waals surface area contributed by atoms with E-state index < -0.39 is 0 Å². The maximum absolute atomic E-state index is 12.9. The Kier molecular flexibility index (Phi) is 4.82. The molecule has 1 spiro atoms. The van der Waals surface area contributed by atoms with Gasteiger partial charge in [0.2, 0.25) is 5.91 Å². The lowest BCUT2D eigenvalue weighted by molar-refractivity contribution is -0.133. The van der Waals surface area contributed by atoms with Crippen molar-refractivity contribution in [1.82, 2.24) is 24.9 Å². The van der Waals surface area contributed by atoms with Crippen LogP contribution >= 0.6 is 11.3 Å². The van der Waals surface area contributed by atoms with Crippen molar-refractivity contribution in [3.05, 3.63) is 28.0 Å². The summed E-state index contributed by atoms with van der Waals surface area (Å²) in [4.78, 5) is 14.9. The van der Waals surface area contributed by atoms with E-state index in [1.165, 1.54) is 5.56 Å². The molecule has 3 heterocycles. The van der Waals surface area contributed by atoms with Crippen LogP contribution in [0.1, 0.15) is 73.5 Å². The normalized spacial score (nSPS) is 28.6. The number of nitrogens with zero attached hydrogens (tertiary/aromatic N) is 5. The molecule has 1 aliphatic carbocycles. The van der Waals surface area contributed by atoms with Crippen LogP contribution in [0.3, 0.4) is 0 Å². The highest BCUT2D eigenvalue weighted by molar-refractivity contribution is 7.11. The maximum atomic E-state index is 12.9. The Balaban J connectivity index is 1.42. The van der Waals surface area contributed by atoms with Gasteiger partial charge in [-0.05, 0) is 50.5 Å². The molecule has 2 aromatic rings. The second-order valence-electron chi connectivity index (χ2n) is 8.58. The largest absolute Gasteiger partial charge is 0.340 e. The number of rotatable bonds is 4. The molecule has 0 bridgehead atoms. The van der Waals surface area contributed by atoms with Gasteiger partial charge in [0.1, 0.15) is 10.0 Å². The number of carbonyl (C=O) groups excluding carboxylic acids is 1. The second-order valence-corrected chi connectivity index (χ2v) is 9.85. The van der Waals surface area contributed by atoms with Crippen molar-refractivity contribution in [3.8, 4) is 0 Å². The summed E-state index contributed by atoms with van der Waals surface area (Å²) in [6.07, 6.45) is 10.2. The molecule has 6 nitrogen and oxygen atoms in total. The Morgan fingerprint density at radius 1 is 1.30 bits per heavy atom. The first-order valence-electron chi connectivity index (χ1n) is 9.99. The number of amides is 1. The molecule has 1 atom stereocenters. The van der Waals surface area contributed by atoms with Gasteiger partial charge in [0.05, 0.1) is 12.2 Å². The minimum absolute atomic E-state index is 0.0199. The number of aromatic nitrogens is 4. The summed E-state index contributed by atoms with van der Waals surface area (Å²) in [5.41, 5.74) is 1.32. The van der Waals surface area contributed by atoms with Crippen molar-refractivity contribution >= 4 is 17.2 Å². The van der Waals surface area contributed by atoms with Gasteiger partial charge < -0.3 is 4.90 Å². The third-order valence-corrected chi connectivity index (χ3v) is 7.42. The number of hydrogen-bond donors (Lipinski definition) is 0. The number of aryl methyl sites for hydroxylation is 1. The molecule has 1 aliphatic heterocycles. The predicted octanol–water partition coefficient (Wildman–Crippen LogP) is 3.74. The molecule has 1 saturated carbocycles. The fourth-order valence-electron chi connectivity index (χ4n) is 4.78. The quantitative estimate of drug-likeness (QED) is 0.802. The Hall–Kier alpha value is -1.76. The zero-order valence-electron chi connectivity index (χ0n) is 16.7. The van der Waals surface area contributed by atoms with E-state index in [0.717, 1.165) is 48.5 Å². The van der Waals surface area contributed by atoms with Crippen LogP contribution < -0.4 is 0 Å². The first-order valence-corrected chi connectivity index (χ1v) is 10.8. The molecule has 0 N–H and O–H groups in total. The number of likely N-dealkylation sites (tertiary alicyclic amines) is 1. The molecule has 7 heteroatoms. The highest BCUT2D eigenvalue weighted by Crippen LogP contribution is 2.47. The SMILES string of the molecule is Cc1nnc(CC2CC3(CCC(n4cc(C(C)C)cn4)CC3)N(C)C2=O)s1. The van der Waals surface area contributed by atoms with Gasteiger partial charge in [-0.15, -0.1) is 21.5 Å². The molecule has 146 valence electrons. The van der Waals surface area contributed by atoms with Gasteiger partial charge in [-0.3, -0.25) is 9.48 Å². The summed E-state index contributed by atoms with van der Waals surface area (Å²) < 4.78 is 2.15. The third kappa shape index (κ3) is 3.42. The van der Waals surface area contributed by atoms with Crippen molar-refractivity contribution in [2.45, 2.75) is 76.8 Å². The van der Waals surface area contributed by atoms with Crippen molar-refractivity contribution in [1.29, 1.82) is 0 Å². The topological polar surface area (TPSA) is 63.9 Å². The zero-order valence-corrected chi connectivity index (χ0v) is 17.5. The average molecular weight is 388 g/mol. The van der Waals surface area contributed by atoms with Gasteiger partial charge >= 0.3 is 0 Å². The predicted molar refractivity (Wildman–Crippen MR) is 106 cm³/mol. The zero-order chi connectivity index (χ0) is 19.2. The smallest absolute Gasteiger partial charge is 0.226 e. The van der Waals surface area contributed by atoms with Crippen LogP contribution in [0.5, 0.6) is 0 Å². The Labute approximate surface area is 165 Å². The third-order valence-electron chi connectivity index (χ3n) is 6.55. The molecule has 1 amide bonds. The maximum Gasteiger partial charge on any atom is 0.226 e. The van der Waals surface area contributed by atoms with E-state index in [-0.39, 0.29) is 17.4 Å². The van der Waals surface area contributed by atoms with Crippen LogP contribution in [0.25, 0.3) is 0 Å². The van der Waals surface area contributed by atoms with Crippen LogP contribution in [-0.4, -0.2) is 43.4 Å². The van der Waals surface area contributed by atoms with Crippen molar-refractivity contribution < 1.29 is 4.79 Å². The van der Waals surface area contributed by atoms with Crippen molar-refractivity contribution in [2.24, 2.45) is 5.92 Å². The molecule has 1 unspecified atom stereocenters. The molecule has 1 saturated heterocycles. The number of carbonyl (C=O) groups is 1. The minimum atomic E-state index is 0.0199. The van der Waals surface area contributed by atoms with Gasteiger partial charge in [-0.25, -0.2) is 0 Å². The van der Waals surface area contributed by atoms with Crippen LogP contribution in [0.15, 0.2) is 12.4 Å². The van der Waals surface area contributed by atoms with E-state index in [0.29, 0.717) is 12.0 Å². The Bertz CT molecular complexity index is 818. The van der Waals surface area contributed by atoms with Gasteiger partial charge in [-0.1, -0.05) is 13.8 Å². The van der Waals surface area contributed by atoms with Gasteiger partial charge in [0.15, 0.2) is 0 Å². The Morgan fingerprint density at radius 3 is 2.63 bits per heavy atom. The second kappa shape index (κ2) is 7.00. The molecular weight excluding hydrogens is 358 g/mol. The van der Waals surface area contributed by atoms with Gasteiger partial charge in [-0.2, -0.15) is 5.10 Å². The minimum Gasteiger partial charge on any atom is -0.340 e. The monoisotopic (exact) mass is 387 g/mol. The average Bonchev–Trinajstić information content (AvgIpc) is 3.34. The van der Waals surface area contributed by atoms with E-state index in [4.69, 9.17) is 0 Å². The summed E-state index contributed by atoms with van der Waals surface area (Å²) in [6, 6.07) is 0.455. The molecule has 0 radical (unpaired) electrons. The van der Waals surface area contributed by atoms with Crippen LogP contribution in [0.4, 0.5) is 0 Å². The molecule has 27 heavy (non-hydrogen) atoms. The van der Waals surface area contributed by atoms with Gasteiger partial charge in [0, 0.05) is 31.1 Å². The summed E-state index contributed by atoms with van der Waals surface area (Å²) in [6.45, 7) is 6.37. The van der Waals surface area contributed by atoms with E-state index in [9.17, 15) is 4.79 Å². The van der Waals surface area contributed by atoms with E-state index >= 15 is 0 Å². The molecule has 2 aromatic heterocycles. The Morgan fingerprint density at radius 2 is 2.04 bits per heavy atom. The first-order chi connectivity index (χ1) is 12.9. The lowest BCUT2D eigenvalue weighted by Gasteiger charge is -2.42. The first kappa shape index (κ1) is 18.6. The van der Waals surface area contributed by atoms with Crippen molar-refractivity contribution in [3.63, 3.8) is 0 Å². The summed E-state index contributed by atoms with van der Waals surface area (Å²) in [5.74, 6) is 0.843. The molecular formula is C20H29N5OS.